The Hall–Kier alpha value is -10.7. The SMILES string of the molecule is Nc1nccn2c(C3CC(N4CCSC4)C3)nc(-c3ccc4ccc(-c5ccccc5)nc4c3)c12.Nc1nccn2c(C3CC(N4CCSCC4)C3)nc(-c3ccc4ccc(-c5ccccc5)nc4c3)c12.Nc1nccn2c(C3CC(NCCCN4CCOCC4)C3)nc(-c3ccc4ccc(-c5ccccc5)nc4c3)c12. The van der Waals surface area contributed by atoms with Crippen LogP contribution in [0.1, 0.15) is 80.2 Å². The van der Waals surface area contributed by atoms with E-state index in [0.29, 0.717) is 53.3 Å². The monoisotopic (exact) mass is 1500 g/mol. The van der Waals surface area contributed by atoms with E-state index in [-0.39, 0.29) is 0 Å². The van der Waals surface area contributed by atoms with Gasteiger partial charge in [0.2, 0.25) is 0 Å². The Morgan fingerprint density at radius 1 is 0.396 bits per heavy atom. The summed E-state index contributed by atoms with van der Waals surface area (Å²) in [5.41, 5.74) is 36.7. The number of pyridine rings is 3. The van der Waals surface area contributed by atoms with Crippen molar-refractivity contribution in [1.29, 1.82) is 0 Å². The Labute approximate surface area is 653 Å². The molecule has 6 aromatic carbocycles. The van der Waals surface area contributed by atoms with E-state index in [9.17, 15) is 0 Å². The highest BCUT2D eigenvalue weighted by Crippen LogP contribution is 2.46. The Kier molecular flexibility index (Phi) is 19.9. The molecule has 111 heavy (non-hydrogen) atoms. The molecule has 7 N–H and O–H groups in total. The molecule has 3 saturated carbocycles. The van der Waals surface area contributed by atoms with Crippen molar-refractivity contribution >= 4 is 90.2 Å². The van der Waals surface area contributed by atoms with E-state index >= 15 is 0 Å². The molecule has 0 atom stereocenters. The van der Waals surface area contributed by atoms with Crippen LogP contribution in [-0.2, 0) is 4.74 Å². The van der Waals surface area contributed by atoms with Crippen LogP contribution in [-0.4, -0.2) is 173 Å². The van der Waals surface area contributed by atoms with Gasteiger partial charge in [-0.15, -0.1) is 11.8 Å². The summed E-state index contributed by atoms with van der Waals surface area (Å²) in [5.74, 6) is 11.0. The maximum absolute atomic E-state index is 6.44. The van der Waals surface area contributed by atoms with E-state index in [0.717, 1.165) is 218 Å². The van der Waals surface area contributed by atoms with Crippen LogP contribution < -0.4 is 22.5 Å². The average Bonchev–Trinajstić information content (AvgIpc) is 1.62. The standard InChI is InChI=1S/C32H35N7O.C29H28N6S.C28H26N6S/c33-31-30-29(24-8-7-23-9-10-27(36-28(23)21-24)22-5-2-1-3-6-22)37-32(39(30)14-12-35-31)25-19-26(20-25)34-11-4-13-38-15-17-40-18-16-38;30-28-27-26(21-7-6-20-8-9-24(32-25(20)18-21)19-4-2-1-3-5-19)33-29(35(27)11-10-31-28)22-16-23(17-22)34-12-14-36-15-13-34;29-27-26-25(20-7-6-19-8-9-23(31-24(19)16-20)18-4-2-1-3-5-18)32-28(34(26)11-10-30-27)21-14-22(15-21)33-12-13-35-17-33/h1-3,5-10,12,14,21,25-26,34H,4,11,13,15-20H2,(H2,33,35);1-11,18,22-23H,12-17H2,(H2,30,31);1-11,16,21-22H,12-15,17H2,(H2,29,30). The number of aromatic nitrogens is 12. The molecule has 3 aliphatic carbocycles. The number of benzene rings is 6. The Balaban J connectivity index is 0.000000113. The number of fused-ring (bicyclic) bond motifs is 6. The van der Waals surface area contributed by atoms with Crippen LogP contribution in [0.25, 0.3) is 117 Å². The van der Waals surface area contributed by atoms with Crippen molar-refractivity contribution in [2.75, 3.05) is 99.4 Å². The van der Waals surface area contributed by atoms with Crippen molar-refractivity contribution in [2.45, 2.75) is 80.8 Å². The molecule has 0 unspecified atom stereocenters. The minimum absolute atomic E-state index is 0.392. The van der Waals surface area contributed by atoms with Gasteiger partial charge in [0, 0.05) is 178 Å². The quantitative estimate of drug-likeness (QED) is 0.0658. The molecule has 22 heteroatoms. The second kappa shape index (κ2) is 31.2. The van der Waals surface area contributed by atoms with Gasteiger partial charge in [-0.25, -0.2) is 44.9 Å². The molecular weight excluding hydrogens is 1420 g/mol. The lowest BCUT2D eigenvalue weighted by Gasteiger charge is -2.43. The van der Waals surface area contributed by atoms with E-state index in [1.165, 1.54) is 43.3 Å². The molecule has 3 aliphatic heterocycles. The van der Waals surface area contributed by atoms with Gasteiger partial charge < -0.3 is 27.3 Å². The number of nitrogen functional groups attached to an aromatic ring is 3. The number of nitrogens with one attached hydrogen (secondary N) is 1. The maximum atomic E-state index is 6.44. The normalized spacial score (nSPS) is 20.2. The Morgan fingerprint density at radius 3 is 1.18 bits per heavy atom. The molecule has 0 amide bonds. The lowest BCUT2D eigenvalue weighted by Crippen LogP contribution is -2.47. The van der Waals surface area contributed by atoms with Crippen molar-refractivity contribution in [1.82, 2.24) is 78.1 Å². The van der Waals surface area contributed by atoms with E-state index in [1.807, 2.05) is 84.9 Å². The van der Waals surface area contributed by atoms with Gasteiger partial charge in [-0.05, 0) is 94.4 Å². The van der Waals surface area contributed by atoms with Crippen molar-refractivity contribution in [3.05, 3.63) is 237 Å². The number of nitrogens with two attached hydrogens (primary N) is 3. The zero-order valence-corrected chi connectivity index (χ0v) is 63.7. The Bertz CT molecular complexity index is 5840. The number of hydrogen-bond acceptors (Lipinski definition) is 19. The molecule has 15 aromatic rings. The summed E-state index contributed by atoms with van der Waals surface area (Å²) in [5, 5.41) is 7.06. The minimum Gasteiger partial charge on any atom is -0.382 e. The molecule has 0 radical (unpaired) electrons. The van der Waals surface area contributed by atoms with Crippen LogP contribution in [0, 0.1) is 0 Å². The zero-order chi connectivity index (χ0) is 74.3. The fraction of sp³-hybridized carbons (Fsp3) is 0.292. The summed E-state index contributed by atoms with van der Waals surface area (Å²) in [4.78, 5) is 51.5. The van der Waals surface area contributed by atoms with Crippen LogP contribution >= 0.6 is 23.5 Å². The fourth-order valence-electron chi connectivity index (χ4n) is 17.1. The van der Waals surface area contributed by atoms with Crippen LogP contribution in [0.4, 0.5) is 17.5 Å². The Morgan fingerprint density at radius 2 is 0.775 bits per heavy atom. The van der Waals surface area contributed by atoms with Crippen LogP contribution in [0.3, 0.4) is 0 Å². The van der Waals surface area contributed by atoms with Gasteiger partial charge >= 0.3 is 0 Å². The lowest BCUT2D eigenvalue weighted by atomic mass is 9.78. The third kappa shape index (κ3) is 14.4. The zero-order valence-electron chi connectivity index (χ0n) is 62.1. The third-order valence-corrected chi connectivity index (χ3v) is 25.4. The number of rotatable bonds is 16. The van der Waals surface area contributed by atoms with Crippen molar-refractivity contribution in [2.24, 2.45) is 0 Å². The van der Waals surface area contributed by atoms with E-state index < -0.39 is 0 Å². The second-order valence-corrected chi connectivity index (χ2v) is 32.5. The summed E-state index contributed by atoms with van der Waals surface area (Å²) in [6.45, 7) is 9.66. The van der Waals surface area contributed by atoms with Gasteiger partial charge in [0.1, 0.15) is 68.6 Å². The van der Waals surface area contributed by atoms with Gasteiger partial charge in [-0.1, -0.05) is 146 Å². The second-order valence-electron chi connectivity index (χ2n) is 30.2. The van der Waals surface area contributed by atoms with Crippen LogP contribution in [0.15, 0.2) is 219 Å². The largest absolute Gasteiger partial charge is 0.382 e. The fourth-order valence-corrected chi connectivity index (χ4v) is 19.1. The molecule has 12 heterocycles. The molecule has 558 valence electrons. The smallest absolute Gasteiger partial charge is 0.150 e. The van der Waals surface area contributed by atoms with E-state index in [1.54, 1.807) is 18.6 Å². The van der Waals surface area contributed by atoms with Crippen molar-refractivity contribution < 1.29 is 4.74 Å². The van der Waals surface area contributed by atoms with Crippen LogP contribution in [0.5, 0.6) is 0 Å². The number of anilines is 3. The summed E-state index contributed by atoms with van der Waals surface area (Å²) >= 11 is 4.11. The minimum atomic E-state index is 0.392. The molecule has 0 spiro atoms. The van der Waals surface area contributed by atoms with Gasteiger partial charge in [-0.3, -0.25) is 27.9 Å². The lowest BCUT2D eigenvalue weighted by molar-refractivity contribution is 0.0372. The third-order valence-electron chi connectivity index (χ3n) is 23.4. The first-order valence-electron chi connectivity index (χ1n) is 39.2. The summed E-state index contributed by atoms with van der Waals surface area (Å²) < 4.78 is 11.9. The van der Waals surface area contributed by atoms with Gasteiger partial charge in [0.15, 0.2) is 0 Å². The van der Waals surface area contributed by atoms with Gasteiger partial charge in [-0.2, -0.15) is 11.8 Å². The van der Waals surface area contributed by atoms with E-state index in [4.69, 9.17) is 51.8 Å². The predicted octanol–water partition coefficient (Wildman–Crippen LogP) is 15.7. The molecule has 3 saturated heterocycles. The highest BCUT2D eigenvalue weighted by molar-refractivity contribution is 7.99. The summed E-state index contributed by atoms with van der Waals surface area (Å²) in [6, 6.07) is 64.5. The molecule has 9 aromatic heterocycles. The molecule has 6 aliphatic rings. The van der Waals surface area contributed by atoms with Crippen molar-refractivity contribution in [3.63, 3.8) is 0 Å². The molecular formula is C89H89N19OS2. The molecule has 21 rings (SSSR count). The topological polar surface area (TPSA) is 238 Å². The number of thioether (sulfide) groups is 2. The maximum Gasteiger partial charge on any atom is 0.150 e. The molecule has 20 nitrogen and oxygen atoms in total. The first-order valence-corrected chi connectivity index (χ1v) is 41.5. The number of ether oxygens (including phenoxy) is 1. The summed E-state index contributed by atoms with van der Waals surface area (Å²) in [7, 11) is 0. The van der Waals surface area contributed by atoms with E-state index in [2.05, 4.69) is 187 Å². The highest BCUT2D eigenvalue weighted by Gasteiger charge is 2.41. The average molecular weight is 1500 g/mol. The number of nitrogens with zero attached hydrogens (tertiary/aromatic N) is 15. The first kappa shape index (κ1) is 70.7. The van der Waals surface area contributed by atoms with Gasteiger partial charge in [0.25, 0.3) is 0 Å². The van der Waals surface area contributed by atoms with Gasteiger partial charge in [0.05, 0.1) is 46.8 Å². The molecule has 0 bridgehead atoms. The molecule has 6 fully saturated rings. The highest BCUT2D eigenvalue weighted by atomic mass is 32.2. The number of imidazole rings is 3. The van der Waals surface area contributed by atoms with Crippen molar-refractivity contribution in [3.8, 4) is 67.5 Å². The first-order chi connectivity index (χ1) is 54.7. The predicted molar refractivity (Wildman–Crippen MR) is 451 cm³/mol. The number of hydrogen-bond donors (Lipinski definition) is 4. The summed E-state index contributed by atoms with van der Waals surface area (Å²) in [6.07, 6.45) is 19.3. The number of morpholine rings is 1. The van der Waals surface area contributed by atoms with Crippen LogP contribution in [0.2, 0.25) is 0 Å².